The third-order valence-corrected chi connectivity index (χ3v) is 16.2. The summed E-state index contributed by atoms with van der Waals surface area (Å²) < 4.78 is 0. The highest BCUT2D eigenvalue weighted by molar-refractivity contribution is 8.76. The summed E-state index contributed by atoms with van der Waals surface area (Å²) >= 11 is 1.13. The minimum Gasteiger partial charge on any atom is -0.345 e. The number of nitrogens with one attached hydrogen (secondary N) is 4. The molecule has 4 atom stereocenters. The molecule has 0 saturated carbocycles. The number of amides is 8. The van der Waals surface area contributed by atoms with Crippen LogP contribution in [0.4, 0.5) is 0 Å². The summed E-state index contributed by atoms with van der Waals surface area (Å²) in [4.78, 5) is 148. The van der Waals surface area contributed by atoms with Crippen molar-refractivity contribution in [3.05, 3.63) is 119 Å². The number of aryl methyl sites for hydroxylation is 1. The zero-order valence-electron chi connectivity index (χ0n) is 41.3. The molecule has 3 heterocycles. The van der Waals surface area contributed by atoms with Crippen LogP contribution in [0.15, 0.2) is 102 Å². The van der Waals surface area contributed by atoms with E-state index in [2.05, 4.69) is 39.4 Å². The van der Waals surface area contributed by atoms with Crippen molar-refractivity contribution < 1.29 is 47.9 Å². The van der Waals surface area contributed by atoms with Gasteiger partial charge in [0.05, 0.1) is 30.0 Å². The van der Waals surface area contributed by atoms with Gasteiger partial charge in [-0.05, 0) is 50.1 Å². The summed E-state index contributed by atoms with van der Waals surface area (Å²) in [5.74, 6) is -7.23. The lowest BCUT2D eigenvalue weighted by molar-refractivity contribution is -0.142. The number of rotatable bonds is 6. The number of thioether (sulfide) groups is 2. The highest BCUT2D eigenvalue weighted by Gasteiger charge is 2.37. The lowest BCUT2D eigenvalue weighted by Gasteiger charge is -2.33. The molecule has 3 aromatic rings. The summed E-state index contributed by atoms with van der Waals surface area (Å²) in [6.45, 7) is 11.7. The van der Waals surface area contributed by atoms with Crippen molar-refractivity contribution >= 4 is 120 Å². The second kappa shape index (κ2) is 26.3. The maximum absolute atomic E-state index is 14.4. The highest BCUT2D eigenvalue weighted by atomic mass is 33.1. The number of benzene rings is 2. The van der Waals surface area contributed by atoms with Crippen LogP contribution >= 0.6 is 45.1 Å². The Morgan fingerprint density at radius 2 is 1.16 bits per heavy atom. The number of para-hydroxylation sites is 1. The number of likely N-dealkylation sites (N-methyl/N-ethyl adjacent to an activating group) is 4. The molecule has 0 spiro atoms. The van der Waals surface area contributed by atoms with Crippen LogP contribution in [0.3, 0.4) is 0 Å². The fraction of sp³-hybridized carbons (Fsp3) is 0.340. The van der Waals surface area contributed by atoms with E-state index in [-0.39, 0.29) is 39.9 Å². The smallest absolute Gasteiger partial charge is 0.270 e. The van der Waals surface area contributed by atoms with Crippen molar-refractivity contribution in [3.8, 4) is 0 Å². The molecule has 5 rings (SSSR count). The molecule has 19 nitrogen and oxygen atoms in total. The molecule has 0 radical (unpaired) electrons. The molecule has 386 valence electrons. The summed E-state index contributed by atoms with van der Waals surface area (Å²) in [5.41, 5.74) is 2.47. The average molecular weight is 1070 g/mol. The molecule has 2 aliphatic rings. The number of fused-ring (bicyclic) bond motifs is 6. The SMILES string of the molecule is C=C1C(=O)SC[C@@H](NC(=O)c2ccc3ccccc3n2)C(=O)NCC(=O)N(C)C2CSSCC(C(=O)N1C)N(C)C(=O)CNC(=O)[C@H](NC(=O)C(/C=C\c1ccccc1C)=C(C)C)CSC(=O)C(=C)N(C)C2=O. The molecule has 2 unspecified atom stereocenters. The zero-order chi connectivity index (χ0) is 53.7. The van der Waals surface area contributed by atoms with Gasteiger partial charge in [-0.3, -0.25) is 47.9 Å². The lowest BCUT2D eigenvalue weighted by Crippen LogP contribution is -2.55. The minimum atomic E-state index is -1.45. The number of hydrogen-bond donors (Lipinski definition) is 4. The van der Waals surface area contributed by atoms with E-state index in [1.54, 1.807) is 50.3 Å². The molecule has 2 saturated heterocycles. The molecule has 1 aromatic heterocycles. The van der Waals surface area contributed by atoms with Gasteiger partial charge in [0.25, 0.3) is 23.6 Å². The Labute approximate surface area is 439 Å². The van der Waals surface area contributed by atoms with Crippen LogP contribution in [0.1, 0.15) is 35.5 Å². The molecule has 0 aliphatic carbocycles. The van der Waals surface area contributed by atoms with Gasteiger partial charge in [0.2, 0.25) is 33.9 Å². The number of carbonyl (C=O) groups is 10. The van der Waals surface area contributed by atoms with Crippen LogP contribution < -0.4 is 21.3 Å². The Morgan fingerprint density at radius 1 is 0.671 bits per heavy atom. The van der Waals surface area contributed by atoms with Gasteiger partial charge < -0.3 is 40.9 Å². The summed E-state index contributed by atoms with van der Waals surface area (Å²) in [7, 11) is 7.34. The molecule has 8 amide bonds. The van der Waals surface area contributed by atoms with E-state index in [1.807, 2.05) is 37.3 Å². The fourth-order valence-corrected chi connectivity index (χ4v) is 11.3. The quantitative estimate of drug-likeness (QED) is 0.158. The fourth-order valence-electron chi connectivity index (χ4n) is 7.01. The third-order valence-electron chi connectivity index (χ3n) is 11.8. The maximum atomic E-state index is 14.4. The largest absolute Gasteiger partial charge is 0.345 e. The molecule has 4 N–H and O–H groups in total. The number of hydrogen-bond acceptors (Lipinski definition) is 15. The first kappa shape index (κ1) is 57.2. The predicted molar refractivity (Wildman–Crippen MR) is 286 cm³/mol. The Hall–Kier alpha value is -6.69. The first-order valence-electron chi connectivity index (χ1n) is 22.6. The summed E-state index contributed by atoms with van der Waals surface area (Å²) in [6.07, 6.45) is 3.37. The van der Waals surface area contributed by atoms with E-state index >= 15 is 0 Å². The molecular weight excluding hydrogens is 1010 g/mol. The summed E-state index contributed by atoms with van der Waals surface area (Å²) in [6, 6.07) is 12.2. The van der Waals surface area contributed by atoms with Crippen molar-refractivity contribution in [2.45, 2.75) is 44.9 Å². The van der Waals surface area contributed by atoms with Gasteiger partial charge in [-0.25, -0.2) is 4.98 Å². The molecule has 2 aliphatic heterocycles. The van der Waals surface area contributed by atoms with E-state index in [0.29, 0.717) is 34.6 Å². The monoisotopic (exact) mass is 1070 g/mol. The van der Waals surface area contributed by atoms with Crippen molar-refractivity contribution in [3.63, 3.8) is 0 Å². The Bertz CT molecular complexity index is 2800. The molecule has 23 heteroatoms. The Kier molecular flexibility index (Phi) is 20.6. The Balaban J connectivity index is 1.47. The molecular formula is C50H57N9O10S4. The van der Waals surface area contributed by atoms with Gasteiger partial charge >= 0.3 is 0 Å². The van der Waals surface area contributed by atoms with Gasteiger partial charge in [-0.2, -0.15) is 0 Å². The minimum absolute atomic E-state index is 0.0371. The number of pyridine rings is 1. The lowest BCUT2D eigenvalue weighted by atomic mass is 10.0. The van der Waals surface area contributed by atoms with Crippen molar-refractivity contribution in [1.82, 2.24) is 45.9 Å². The normalized spacial score (nSPS) is 21.2. The summed E-state index contributed by atoms with van der Waals surface area (Å²) in [5, 5.41) is 9.53. The first-order chi connectivity index (χ1) is 34.6. The van der Waals surface area contributed by atoms with Gasteiger partial charge in [-0.15, -0.1) is 0 Å². The van der Waals surface area contributed by atoms with Crippen molar-refractivity contribution in [1.29, 1.82) is 0 Å². The number of nitrogens with zero attached hydrogens (tertiary/aromatic N) is 5. The van der Waals surface area contributed by atoms with Crippen LogP contribution in [-0.2, 0) is 43.2 Å². The predicted octanol–water partition coefficient (Wildman–Crippen LogP) is 2.94. The van der Waals surface area contributed by atoms with Crippen LogP contribution in [0, 0.1) is 6.92 Å². The maximum Gasteiger partial charge on any atom is 0.270 e. The molecule has 2 aromatic carbocycles. The number of allylic oxidation sites excluding steroid dienone is 1. The van der Waals surface area contributed by atoms with Crippen LogP contribution in [0.5, 0.6) is 0 Å². The van der Waals surface area contributed by atoms with E-state index < -0.39 is 100 Å². The molecule has 2 bridgehead atoms. The third kappa shape index (κ3) is 15.0. The van der Waals surface area contributed by atoms with E-state index in [9.17, 15) is 47.9 Å². The van der Waals surface area contributed by atoms with Crippen molar-refractivity contribution in [2.24, 2.45) is 0 Å². The van der Waals surface area contributed by atoms with Gasteiger partial charge in [0.15, 0.2) is 0 Å². The molecule has 73 heavy (non-hydrogen) atoms. The standard InChI is InChI=1S/C50H57N9O10S4/c1-28(2)34(20-18-32-15-11-10-14-29(32)3)43(62)54-37-24-70-49(68)30(4)56(6)47(66)40-27-73-72-26-39(58(8)41(60)22-51-44(37)63)48(67)57(7)31(5)50(69)71-25-38(45(64)52-23-42(61)59(40)9)55-46(65)36-21-19-33-16-12-13-17-35(33)53-36/h10-21,37-40H,4-5,22-27H2,1-3,6-9H3,(H,51,63)(H,52,64)(H,54,62)(H,55,65)/b20-18-/t37-,38-,39?,40?/m1/s1. The molecule has 2 fully saturated rings. The van der Waals surface area contributed by atoms with Gasteiger partial charge in [0, 0.05) is 62.2 Å². The second-order valence-electron chi connectivity index (χ2n) is 17.0. The van der Waals surface area contributed by atoms with E-state index in [1.165, 1.54) is 34.3 Å². The van der Waals surface area contributed by atoms with Crippen molar-refractivity contribution in [2.75, 3.05) is 64.3 Å². The van der Waals surface area contributed by atoms with Gasteiger partial charge in [-0.1, -0.05) is 118 Å². The highest BCUT2D eigenvalue weighted by Crippen LogP contribution is 2.29. The average Bonchev–Trinajstić information content (AvgIpc) is 3.38. The van der Waals surface area contributed by atoms with Crippen LogP contribution in [0.2, 0.25) is 0 Å². The zero-order valence-corrected chi connectivity index (χ0v) is 44.6. The second-order valence-corrected chi connectivity index (χ2v) is 21.5. The topological polar surface area (TPSA) is 245 Å². The Morgan fingerprint density at radius 3 is 1.68 bits per heavy atom. The van der Waals surface area contributed by atoms with Crippen LogP contribution in [-0.4, -0.2) is 171 Å². The first-order valence-corrected chi connectivity index (χ1v) is 27.0. The number of aromatic nitrogens is 1. The van der Waals surface area contributed by atoms with Gasteiger partial charge in [0.1, 0.15) is 29.9 Å². The number of carbonyl (C=O) groups excluding carboxylic acids is 10. The van der Waals surface area contributed by atoms with E-state index in [4.69, 9.17) is 0 Å². The van der Waals surface area contributed by atoms with Crippen LogP contribution in [0.25, 0.3) is 17.0 Å². The van der Waals surface area contributed by atoms with E-state index in [0.717, 1.165) is 57.7 Å².